The molecule has 2 aliphatic heterocycles. The first kappa shape index (κ1) is 24.4. The van der Waals surface area contributed by atoms with Crippen LogP contribution < -0.4 is 25.5 Å². The van der Waals surface area contributed by atoms with E-state index in [1.807, 2.05) is 0 Å². The number of pyridine rings is 2. The van der Waals surface area contributed by atoms with Gasteiger partial charge >= 0.3 is 5.97 Å². The van der Waals surface area contributed by atoms with Crippen LogP contribution in [0.25, 0.3) is 11.0 Å². The summed E-state index contributed by atoms with van der Waals surface area (Å²) >= 11 is 6.31. The van der Waals surface area contributed by atoms with Crippen molar-refractivity contribution in [2.24, 2.45) is 16.8 Å². The molecule has 1 saturated heterocycles. The summed E-state index contributed by atoms with van der Waals surface area (Å²) in [7, 11) is 0. The number of carbonyl (C=O) groups is 1. The van der Waals surface area contributed by atoms with Crippen molar-refractivity contribution in [3.63, 3.8) is 0 Å². The Morgan fingerprint density at radius 1 is 1.29 bits per heavy atom. The summed E-state index contributed by atoms with van der Waals surface area (Å²) in [5.41, 5.74) is 6.34. The highest BCUT2D eigenvalue weighted by molar-refractivity contribution is 6.31. The smallest absolute Gasteiger partial charge is 0.341 e. The molecule has 13 heteroatoms. The maximum absolute atomic E-state index is 15.3. The molecule has 0 bridgehead atoms. The van der Waals surface area contributed by atoms with Crippen molar-refractivity contribution < 1.29 is 28.6 Å². The van der Waals surface area contributed by atoms with Crippen LogP contribution in [-0.2, 0) is 11.4 Å². The van der Waals surface area contributed by atoms with Gasteiger partial charge in [-0.1, -0.05) is 16.8 Å². The number of aromatic nitrogens is 2. The maximum Gasteiger partial charge on any atom is 0.341 e. The molecule has 0 radical (unpaired) electrons. The number of benzene rings is 1. The number of halogens is 2. The highest BCUT2D eigenvalue weighted by Gasteiger charge is 2.33. The van der Waals surface area contributed by atoms with Crippen LogP contribution in [0.15, 0.2) is 34.3 Å². The van der Waals surface area contributed by atoms with Crippen molar-refractivity contribution in [1.82, 2.24) is 9.55 Å². The summed E-state index contributed by atoms with van der Waals surface area (Å²) in [5, 5.41) is 14.1. The largest absolute Gasteiger partial charge is 0.477 e. The van der Waals surface area contributed by atoms with Gasteiger partial charge in [-0.2, -0.15) is 0 Å². The number of fused-ring (bicyclic) bond motifs is 2. The minimum Gasteiger partial charge on any atom is -0.477 e. The number of oxime groups is 1. The van der Waals surface area contributed by atoms with Gasteiger partial charge in [-0.05, 0) is 25.0 Å². The van der Waals surface area contributed by atoms with Crippen LogP contribution in [-0.4, -0.2) is 52.8 Å². The molecular weight excluding hydrogens is 521 g/mol. The second-order valence-corrected chi connectivity index (χ2v) is 9.85. The fraction of sp³-hybridized carbons (Fsp3) is 0.360. The number of hydrogen-bond donors (Lipinski definition) is 2. The summed E-state index contributed by atoms with van der Waals surface area (Å²) in [6, 6.07) is 4.47. The van der Waals surface area contributed by atoms with Gasteiger partial charge in [0.15, 0.2) is 23.1 Å². The third kappa shape index (κ3) is 4.29. The van der Waals surface area contributed by atoms with E-state index in [9.17, 15) is 14.7 Å². The number of ether oxygens (including phenoxy) is 2. The van der Waals surface area contributed by atoms with E-state index in [1.54, 1.807) is 21.6 Å². The van der Waals surface area contributed by atoms with Crippen molar-refractivity contribution in [1.29, 1.82) is 0 Å². The normalized spacial score (nSPS) is 19.5. The molecule has 1 saturated carbocycles. The molecule has 3 aliphatic rings. The van der Waals surface area contributed by atoms with Crippen LogP contribution in [0.2, 0.25) is 5.02 Å². The highest BCUT2D eigenvalue weighted by Crippen LogP contribution is 2.38. The summed E-state index contributed by atoms with van der Waals surface area (Å²) in [4.78, 5) is 36.1. The van der Waals surface area contributed by atoms with Crippen molar-refractivity contribution in [2.45, 2.75) is 25.5 Å². The van der Waals surface area contributed by atoms with E-state index < -0.39 is 22.8 Å². The highest BCUT2D eigenvalue weighted by atomic mass is 35.5. The Balaban J connectivity index is 1.27. The Kier molecular flexibility index (Phi) is 6.07. The van der Waals surface area contributed by atoms with Crippen LogP contribution >= 0.6 is 11.6 Å². The topological polar surface area (TPSA) is 141 Å². The predicted molar refractivity (Wildman–Crippen MR) is 136 cm³/mol. The van der Waals surface area contributed by atoms with Gasteiger partial charge in [-0.25, -0.2) is 14.2 Å². The summed E-state index contributed by atoms with van der Waals surface area (Å²) in [6.45, 7) is 1.03. The predicted octanol–water partition coefficient (Wildman–Crippen LogP) is 2.92. The number of nitrogens with two attached hydrogens (primary N) is 1. The lowest BCUT2D eigenvalue weighted by Gasteiger charge is -2.19. The van der Waals surface area contributed by atoms with Gasteiger partial charge in [0, 0.05) is 42.9 Å². The van der Waals surface area contributed by atoms with Crippen LogP contribution in [0.5, 0.6) is 11.5 Å². The number of aromatic carboxylic acids is 1. The molecule has 2 aromatic heterocycles. The fourth-order valence-corrected chi connectivity index (χ4v) is 4.94. The average Bonchev–Trinajstić information content (AvgIpc) is 3.50. The maximum atomic E-state index is 15.3. The van der Waals surface area contributed by atoms with Gasteiger partial charge in [0.2, 0.25) is 12.2 Å². The lowest BCUT2D eigenvalue weighted by atomic mass is 10.1. The van der Waals surface area contributed by atoms with Crippen LogP contribution in [0.4, 0.5) is 10.2 Å². The van der Waals surface area contributed by atoms with Crippen LogP contribution in [0, 0.1) is 11.7 Å². The zero-order valence-corrected chi connectivity index (χ0v) is 20.8. The third-order valence-electron chi connectivity index (χ3n) is 6.90. The van der Waals surface area contributed by atoms with Gasteiger partial charge in [-0.3, -0.25) is 4.79 Å². The molecule has 6 rings (SSSR count). The number of hydrogen-bond acceptors (Lipinski definition) is 9. The molecule has 1 atom stereocenters. The SMILES string of the molecule is NCC1CN(c2nc3c(cc2F)c(=O)c(C(=O)O)cn3C2CC2)C/C1=N\OCc1cc2c(cc1Cl)OCO2. The Morgan fingerprint density at radius 2 is 2.05 bits per heavy atom. The Morgan fingerprint density at radius 3 is 2.76 bits per heavy atom. The van der Waals surface area contributed by atoms with E-state index in [0.717, 1.165) is 18.9 Å². The number of carboxylic acid groups (broad SMARTS) is 1. The van der Waals surface area contributed by atoms with Crippen LogP contribution in [0.1, 0.15) is 34.8 Å². The number of rotatable bonds is 7. The van der Waals surface area contributed by atoms with E-state index in [-0.39, 0.29) is 55.3 Å². The molecule has 3 N–H and O–H groups in total. The molecular formula is C25H23ClFN5O6. The zero-order chi connectivity index (χ0) is 26.6. The molecule has 2 fully saturated rings. The minimum atomic E-state index is -1.36. The number of nitrogens with zero attached hydrogens (tertiary/aromatic N) is 4. The summed E-state index contributed by atoms with van der Waals surface area (Å²) in [5.74, 6) is -1.12. The van der Waals surface area contributed by atoms with Crippen molar-refractivity contribution in [3.8, 4) is 11.5 Å². The molecule has 11 nitrogen and oxygen atoms in total. The Bertz CT molecular complexity index is 1560. The average molecular weight is 544 g/mol. The zero-order valence-electron chi connectivity index (χ0n) is 20.0. The molecule has 0 amide bonds. The quantitative estimate of drug-likeness (QED) is 0.430. The molecule has 0 spiro atoms. The van der Waals surface area contributed by atoms with Crippen molar-refractivity contribution in [2.75, 3.05) is 31.3 Å². The molecule has 3 aromatic rings. The van der Waals surface area contributed by atoms with Crippen LogP contribution in [0.3, 0.4) is 0 Å². The molecule has 4 heterocycles. The van der Waals surface area contributed by atoms with Crippen molar-refractivity contribution >= 4 is 40.1 Å². The second-order valence-electron chi connectivity index (χ2n) is 9.45. The Labute approximate surface area is 220 Å². The minimum absolute atomic E-state index is 0.0194. The molecule has 1 unspecified atom stereocenters. The molecule has 198 valence electrons. The van der Waals surface area contributed by atoms with Gasteiger partial charge in [0.05, 0.1) is 22.7 Å². The second kappa shape index (κ2) is 9.44. The summed E-state index contributed by atoms with van der Waals surface area (Å²) < 4.78 is 27.6. The monoisotopic (exact) mass is 543 g/mol. The fourth-order valence-electron chi connectivity index (χ4n) is 4.73. The lowest BCUT2D eigenvalue weighted by Crippen LogP contribution is -2.26. The van der Waals surface area contributed by atoms with E-state index in [0.29, 0.717) is 34.3 Å². The third-order valence-corrected chi connectivity index (χ3v) is 7.25. The van der Waals surface area contributed by atoms with E-state index in [4.69, 9.17) is 31.6 Å². The van der Waals surface area contributed by atoms with Gasteiger partial charge in [-0.15, -0.1) is 0 Å². The van der Waals surface area contributed by atoms with Gasteiger partial charge in [0.1, 0.15) is 17.8 Å². The first-order chi connectivity index (χ1) is 18.3. The molecule has 1 aromatic carbocycles. The van der Waals surface area contributed by atoms with E-state index in [2.05, 4.69) is 10.1 Å². The van der Waals surface area contributed by atoms with E-state index in [1.165, 1.54) is 6.20 Å². The van der Waals surface area contributed by atoms with E-state index >= 15 is 4.39 Å². The lowest BCUT2D eigenvalue weighted by molar-refractivity contribution is 0.0694. The molecule has 38 heavy (non-hydrogen) atoms. The number of carboxylic acids is 1. The van der Waals surface area contributed by atoms with Gasteiger partial charge in [0.25, 0.3) is 0 Å². The van der Waals surface area contributed by atoms with Crippen molar-refractivity contribution in [3.05, 3.63) is 56.6 Å². The first-order valence-corrected chi connectivity index (χ1v) is 12.4. The summed E-state index contributed by atoms with van der Waals surface area (Å²) in [6.07, 6.45) is 2.95. The standard InChI is InChI=1S/C25H23ClFN5O6/c26-17-5-21-20(36-11-37-21)3-12(17)10-38-30-19-9-31(7-13(19)6-28)24-18(27)4-15-22(33)16(25(34)35)8-32(14-1-2-14)23(15)29-24/h3-5,8,13-14H,1-2,6-7,9-11,28H2,(H,34,35)/b30-19+. The number of anilines is 1. The first-order valence-electron chi connectivity index (χ1n) is 12.0. The van der Waals surface area contributed by atoms with Gasteiger partial charge < -0.3 is 34.6 Å². The Hall–Kier alpha value is -3.90. The molecule has 1 aliphatic carbocycles.